The highest BCUT2D eigenvalue weighted by Crippen LogP contribution is 2.08. The molecule has 0 atom stereocenters. The third kappa shape index (κ3) is 3.68. The zero-order chi connectivity index (χ0) is 10.4. The van der Waals surface area contributed by atoms with E-state index in [-0.39, 0.29) is 5.11 Å². The second-order valence-electron chi connectivity index (χ2n) is 2.50. The minimum absolute atomic E-state index is 0.266. The number of halogens is 1. The number of nitrogens with two attached hydrogens (primary N) is 1. The lowest BCUT2D eigenvalue weighted by Crippen LogP contribution is -2.18. The van der Waals surface area contributed by atoms with E-state index in [1.165, 1.54) is 0 Å². The predicted molar refractivity (Wildman–Crippen MR) is 59.9 cm³/mol. The maximum absolute atomic E-state index is 5.73. The molecule has 0 saturated heterocycles. The van der Waals surface area contributed by atoms with Gasteiger partial charge in [-0.2, -0.15) is 0 Å². The molecule has 0 aliphatic rings. The fourth-order valence-electron chi connectivity index (χ4n) is 0.868. The van der Waals surface area contributed by atoms with E-state index in [2.05, 4.69) is 15.7 Å². The van der Waals surface area contributed by atoms with Crippen molar-refractivity contribution in [2.24, 2.45) is 16.2 Å². The summed E-state index contributed by atoms with van der Waals surface area (Å²) in [6.07, 6.45) is 0. The van der Waals surface area contributed by atoms with Gasteiger partial charge >= 0.3 is 0 Å². The van der Waals surface area contributed by atoms with Crippen LogP contribution in [0.1, 0.15) is 5.56 Å². The van der Waals surface area contributed by atoms with Crippen molar-refractivity contribution >= 4 is 28.9 Å². The smallest absolute Gasteiger partial charge is 0.215 e. The molecular formula is C8H9ClN4S. The molecule has 0 fully saturated rings. The topological polar surface area (TPSA) is 62.8 Å². The molecule has 1 aromatic carbocycles. The number of nitrogens with zero attached hydrogens (tertiary/aromatic N) is 2. The van der Waals surface area contributed by atoms with Crippen molar-refractivity contribution < 1.29 is 0 Å². The number of hydrogen-bond donors (Lipinski definition) is 2. The molecule has 0 bridgehead atoms. The van der Waals surface area contributed by atoms with E-state index in [0.717, 1.165) is 5.56 Å². The van der Waals surface area contributed by atoms with Crippen LogP contribution in [-0.2, 0) is 6.54 Å². The minimum Gasteiger partial charge on any atom is -0.355 e. The van der Waals surface area contributed by atoms with Crippen LogP contribution in [0.5, 0.6) is 0 Å². The molecule has 14 heavy (non-hydrogen) atoms. The predicted octanol–water partition coefficient (Wildman–Crippen LogP) is 2.04. The molecule has 0 spiro atoms. The van der Waals surface area contributed by atoms with Gasteiger partial charge in [0.1, 0.15) is 0 Å². The third-order valence-electron chi connectivity index (χ3n) is 1.51. The molecule has 4 nitrogen and oxygen atoms in total. The number of benzene rings is 1. The molecule has 0 unspecified atom stereocenters. The van der Waals surface area contributed by atoms with Gasteiger partial charge in [0.15, 0.2) is 0 Å². The van der Waals surface area contributed by atoms with Gasteiger partial charge in [0.25, 0.3) is 0 Å². The summed E-state index contributed by atoms with van der Waals surface area (Å²) in [5.41, 5.74) is 1.06. The van der Waals surface area contributed by atoms with Gasteiger partial charge in [-0.05, 0) is 29.9 Å². The van der Waals surface area contributed by atoms with Crippen LogP contribution >= 0.6 is 23.8 Å². The van der Waals surface area contributed by atoms with Crippen molar-refractivity contribution in [1.29, 1.82) is 0 Å². The van der Waals surface area contributed by atoms with Crippen molar-refractivity contribution in [3.05, 3.63) is 34.9 Å². The normalized spacial score (nSPS) is 10.4. The van der Waals surface area contributed by atoms with Gasteiger partial charge < -0.3 is 11.2 Å². The Labute approximate surface area is 92.1 Å². The average molecular weight is 229 g/mol. The molecule has 1 rings (SSSR count). The summed E-state index contributed by atoms with van der Waals surface area (Å²) >= 11 is 10.5. The summed E-state index contributed by atoms with van der Waals surface area (Å²) in [5.74, 6) is 4.83. The van der Waals surface area contributed by atoms with Crippen LogP contribution in [0.4, 0.5) is 0 Å². The van der Waals surface area contributed by atoms with Gasteiger partial charge in [-0.1, -0.05) is 29.0 Å². The molecule has 74 valence electrons. The largest absolute Gasteiger partial charge is 0.355 e. The van der Waals surface area contributed by atoms with Crippen molar-refractivity contribution in [2.45, 2.75) is 6.54 Å². The Hall–Kier alpha value is -1.20. The number of thiocarbonyl (C=S) groups is 1. The fraction of sp³-hybridized carbons (Fsp3) is 0.125. The van der Waals surface area contributed by atoms with Gasteiger partial charge in [-0.3, -0.25) is 0 Å². The van der Waals surface area contributed by atoms with Gasteiger partial charge in [-0.25, -0.2) is 0 Å². The zero-order valence-corrected chi connectivity index (χ0v) is 8.85. The van der Waals surface area contributed by atoms with Crippen LogP contribution < -0.4 is 11.2 Å². The Morgan fingerprint density at radius 1 is 1.43 bits per heavy atom. The quantitative estimate of drug-likeness (QED) is 0.352. The zero-order valence-electron chi connectivity index (χ0n) is 7.27. The Morgan fingerprint density at radius 3 is 2.64 bits per heavy atom. The third-order valence-corrected chi connectivity index (χ3v) is 1.98. The van der Waals surface area contributed by atoms with Crippen molar-refractivity contribution in [2.75, 3.05) is 0 Å². The lowest BCUT2D eigenvalue weighted by Gasteiger charge is -2.02. The SMILES string of the molecule is NN=NC(=S)NCc1ccc(Cl)cc1. The number of rotatable bonds is 2. The van der Waals surface area contributed by atoms with Crippen molar-refractivity contribution in [3.63, 3.8) is 0 Å². The van der Waals surface area contributed by atoms with Gasteiger partial charge in [0, 0.05) is 11.6 Å². The van der Waals surface area contributed by atoms with Crippen LogP contribution in [0.25, 0.3) is 0 Å². The van der Waals surface area contributed by atoms with Gasteiger partial charge in [0.2, 0.25) is 5.11 Å². The van der Waals surface area contributed by atoms with E-state index in [9.17, 15) is 0 Å². The highest BCUT2D eigenvalue weighted by Gasteiger charge is 1.94. The molecule has 0 aliphatic carbocycles. The Bertz CT molecular complexity index is 336. The highest BCUT2D eigenvalue weighted by molar-refractivity contribution is 7.80. The van der Waals surface area contributed by atoms with E-state index in [0.29, 0.717) is 11.6 Å². The first-order valence-electron chi connectivity index (χ1n) is 3.85. The van der Waals surface area contributed by atoms with E-state index in [1.54, 1.807) is 0 Å². The van der Waals surface area contributed by atoms with Crippen molar-refractivity contribution in [1.82, 2.24) is 5.32 Å². The van der Waals surface area contributed by atoms with Crippen LogP contribution in [0.3, 0.4) is 0 Å². The van der Waals surface area contributed by atoms with Crippen LogP contribution in [0.15, 0.2) is 34.6 Å². The first-order valence-corrected chi connectivity index (χ1v) is 4.64. The molecule has 0 aliphatic heterocycles. The summed E-state index contributed by atoms with van der Waals surface area (Å²) in [5, 5.41) is 10.4. The van der Waals surface area contributed by atoms with Crippen LogP contribution in [0.2, 0.25) is 5.02 Å². The molecule has 0 heterocycles. The summed E-state index contributed by atoms with van der Waals surface area (Å²) in [4.78, 5) is 0. The number of hydrogen-bond acceptors (Lipinski definition) is 2. The second-order valence-corrected chi connectivity index (χ2v) is 3.32. The molecule has 0 aromatic heterocycles. The number of nitrogens with one attached hydrogen (secondary N) is 1. The maximum atomic E-state index is 5.73. The molecule has 0 saturated carbocycles. The van der Waals surface area contributed by atoms with Gasteiger partial charge in [-0.15, -0.1) is 5.11 Å². The summed E-state index contributed by atoms with van der Waals surface area (Å²) in [6.45, 7) is 0.578. The van der Waals surface area contributed by atoms with E-state index < -0.39 is 0 Å². The van der Waals surface area contributed by atoms with E-state index in [1.807, 2.05) is 24.3 Å². The molecular weight excluding hydrogens is 220 g/mol. The van der Waals surface area contributed by atoms with E-state index in [4.69, 9.17) is 29.7 Å². The average Bonchev–Trinajstić information content (AvgIpc) is 2.17. The Balaban J connectivity index is 2.46. The lowest BCUT2D eigenvalue weighted by molar-refractivity contribution is 0.903. The summed E-state index contributed by atoms with van der Waals surface area (Å²) < 4.78 is 0. The molecule has 0 amide bonds. The highest BCUT2D eigenvalue weighted by atomic mass is 35.5. The first kappa shape index (κ1) is 10.9. The maximum Gasteiger partial charge on any atom is 0.215 e. The monoisotopic (exact) mass is 228 g/mol. The Morgan fingerprint density at radius 2 is 2.07 bits per heavy atom. The summed E-state index contributed by atoms with van der Waals surface area (Å²) in [6, 6.07) is 7.42. The molecule has 1 aromatic rings. The lowest BCUT2D eigenvalue weighted by atomic mass is 10.2. The van der Waals surface area contributed by atoms with E-state index >= 15 is 0 Å². The standard InChI is InChI=1S/C8H9ClN4S/c9-7-3-1-6(2-4-7)5-11-8(14)12-13-10/h1-4H,5H2,(H3,10,11,12,14). The molecule has 6 heteroatoms. The van der Waals surface area contributed by atoms with Gasteiger partial charge in [0.05, 0.1) is 0 Å². The first-order chi connectivity index (χ1) is 6.72. The van der Waals surface area contributed by atoms with Crippen LogP contribution in [0, 0.1) is 0 Å². The van der Waals surface area contributed by atoms with Crippen molar-refractivity contribution in [3.8, 4) is 0 Å². The molecule has 0 radical (unpaired) electrons. The fourth-order valence-corrected chi connectivity index (χ4v) is 1.11. The second kappa shape index (κ2) is 5.51. The minimum atomic E-state index is 0.266. The summed E-state index contributed by atoms with van der Waals surface area (Å²) in [7, 11) is 0. The Kier molecular flexibility index (Phi) is 4.28. The van der Waals surface area contributed by atoms with Crippen LogP contribution in [-0.4, -0.2) is 5.11 Å². The molecule has 3 N–H and O–H groups in total.